The van der Waals surface area contributed by atoms with Crippen LogP contribution < -0.4 is 0 Å². The van der Waals surface area contributed by atoms with Crippen molar-refractivity contribution in [2.75, 3.05) is 18.3 Å². The maximum Gasteiger partial charge on any atom is 0.109 e. The molecule has 0 amide bonds. The van der Waals surface area contributed by atoms with Crippen LogP contribution in [0.4, 0.5) is 0 Å². The molecule has 0 aromatic carbocycles. The molecule has 44 valence electrons. The van der Waals surface area contributed by atoms with Gasteiger partial charge in [0, 0.05) is 25.2 Å². The second-order valence-corrected chi connectivity index (χ2v) is 7.82. The zero-order valence-electron chi connectivity index (χ0n) is 5.23. The molecule has 1 atom stereocenters. The van der Waals surface area contributed by atoms with E-state index in [4.69, 9.17) is 0 Å². The summed E-state index contributed by atoms with van der Waals surface area (Å²) < 4.78 is 0. The highest BCUT2D eigenvalue weighted by molar-refractivity contribution is 8.80. The van der Waals surface area contributed by atoms with Gasteiger partial charge in [0.15, 0.2) is 0 Å². The Labute approximate surface area is 51.0 Å². The predicted octanol–water partition coefficient (Wildman–Crippen LogP) is 1.50. The summed E-state index contributed by atoms with van der Waals surface area (Å²) in [6.07, 6.45) is 4.50. The van der Waals surface area contributed by atoms with Crippen LogP contribution in [0.15, 0.2) is 0 Å². The van der Waals surface area contributed by atoms with E-state index in [9.17, 15) is 0 Å². The first-order valence-electron chi connectivity index (χ1n) is 2.27. The summed E-state index contributed by atoms with van der Waals surface area (Å²) in [6, 6.07) is 0. The largest absolute Gasteiger partial charge is 0.109 e. The van der Waals surface area contributed by atoms with Gasteiger partial charge in [-0.25, -0.2) is 0 Å². The second-order valence-electron chi connectivity index (χ2n) is 1.47. The summed E-state index contributed by atoms with van der Waals surface area (Å²) in [5, 5.41) is 0. The molecule has 0 aromatic heterocycles. The molecule has 0 N–H and O–H groups in total. The number of rotatable bonds is 2. The van der Waals surface area contributed by atoms with E-state index < -0.39 is 0 Å². The van der Waals surface area contributed by atoms with Gasteiger partial charge in [-0.3, -0.25) is 0 Å². The highest BCUT2D eigenvalue weighted by atomic mass is 33.2. The van der Waals surface area contributed by atoms with Crippen molar-refractivity contribution in [3.05, 3.63) is 0 Å². The number of hydrogen-bond acceptors (Lipinski definition) is 0. The van der Waals surface area contributed by atoms with Crippen LogP contribution >= 0.6 is 9.52 Å². The topological polar surface area (TPSA) is 0 Å². The Morgan fingerprint density at radius 3 is 2.00 bits per heavy atom. The van der Waals surface area contributed by atoms with Crippen molar-refractivity contribution >= 4 is 25.3 Å². The highest BCUT2D eigenvalue weighted by Gasteiger charge is 2.01. The van der Waals surface area contributed by atoms with Gasteiger partial charge in [-0.05, 0) is 5.87 Å². The van der Waals surface area contributed by atoms with E-state index in [1.165, 1.54) is 5.75 Å². The van der Waals surface area contributed by atoms with Gasteiger partial charge in [0.2, 0.25) is 0 Å². The van der Waals surface area contributed by atoms with Gasteiger partial charge >= 0.3 is 0 Å². The minimum atomic E-state index is 0.449. The van der Waals surface area contributed by atoms with E-state index in [2.05, 4.69) is 25.3 Å². The lowest BCUT2D eigenvalue weighted by Crippen LogP contribution is -1.90. The first-order valence-corrected chi connectivity index (χ1v) is 6.39. The average molecular weight is 137 g/mol. The molecule has 0 radical (unpaired) electrons. The van der Waals surface area contributed by atoms with Crippen molar-refractivity contribution in [1.82, 2.24) is 0 Å². The summed E-state index contributed by atoms with van der Waals surface area (Å²) in [5.41, 5.74) is 0. The first-order chi connectivity index (χ1) is 3.18. The molecule has 0 saturated carbocycles. The third-order valence-corrected chi connectivity index (χ3v) is 5.92. The molecule has 0 bridgehead atoms. The molecule has 0 aliphatic carbocycles. The molecule has 2 heteroatoms. The fourth-order valence-corrected chi connectivity index (χ4v) is 2.12. The van der Waals surface area contributed by atoms with Gasteiger partial charge in [-0.1, -0.05) is 6.92 Å². The normalized spacial score (nSPS) is 14.9. The molecule has 0 nitrogen and oxygen atoms in total. The van der Waals surface area contributed by atoms with E-state index in [1.807, 2.05) is 0 Å². The molecular formula is C5H13S2+. The molecule has 0 saturated heterocycles. The maximum atomic E-state index is 4.00. The van der Waals surface area contributed by atoms with Crippen LogP contribution in [0.25, 0.3) is 0 Å². The summed E-state index contributed by atoms with van der Waals surface area (Å²) in [4.78, 5) is 0. The van der Waals surface area contributed by atoms with Gasteiger partial charge < -0.3 is 0 Å². The second kappa shape index (κ2) is 3.56. The molecule has 0 fully saturated rings. The van der Waals surface area contributed by atoms with Crippen LogP contribution in [0.1, 0.15) is 6.92 Å². The Morgan fingerprint density at radius 2 is 2.00 bits per heavy atom. The monoisotopic (exact) mass is 137 g/mol. The maximum absolute atomic E-state index is 4.00. The highest BCUT2D eigenvalue weighted by Crippen LogP contribution is 2.16. The van der Waals surface area contributed by atoms with Crippen LogP contribution in [0.3, 0.4) is 0 Å². The van der Waals surface area contributed by atoms with Gasteiger partial charge in [0.25, 0.3) is 0 Å². The molecule has 7 heavy (non-hydrogen) atoms. The molecular weight excluding hydrogens is 124 g/mol. The quantitative estimate of drug-likeness (QED) is 0.307. The summed E-state index contributed by atoms with van der Waals surface area (Å²) >= 11 is 0. The van der Waals surface area contributed by atoms with Crippen LogP contribution in [-0.2, 0) is 9.93 Å². The SMILES string of the molecule is C=S(CC)[S+](C)C. The molecule has 1 unspecified atom stereocenters. The average Bonchev–Trinajstić information content (AvgIpc) is 1.65. The van der Waals surface area contributed by atoms with Crippen molar-refractivity contribution in [2.24, 2.45) is 0 Å². The zero-order chi connectivity index (χ0) is 5.86. The standard InChI is InChI=1S/C5H13S2/c1-5-7(4)6(2)3/h4-5H2,1-3H3/q+1. The van der Waals surface area contributed by atoms with E-state index in [-0.39, 0.29) is 0 Å². The van der Waals surface area contributed by atoms with Crippen LogP contribution in [0.2, 0.25) is 0 Å². The van der Waals surface area contributed by atoms with Gasteiger partial charge in [0.05, 0.1) is 0 Å². The molecule has 0 aromatic rings. The van der Waals surface area contributed by atoms with Gasteiger partial charge in [-0.2, -0.15) is 0 Å². The predicted molar refractivity (Wildman–Crippen MR) is 44.5 cm³/mol. The van der Waals surface area contributed by atoms with Crippen molar-refractivity contribution in [2.45, 2.75) is 6.92 Å². The third-order valence-electron chi connectivity index (χ3n) is 0.793. The Kier molecular flexibility index (Phi) is 3.85. The van der Waals surface area contributed by atoms with Gasteiger partial charge in [0.1, 0.15) is 12.5 Å². The lowest BCUT2D eigenvalue weighted by Gasteiger charge is -1.94. The third kappa shape index (κ3) is 3.18. The van der Waals surface area contributed by atoms with Crippen LogP contribution in [0.5, 0.6) is 0 Å². The van der Waals surface area contributed by atoms with Gasteiger partial charge in [-0.15, -0.1) is 0 Å². The molecule has 0 heterocycles. The minimum absolute atomic E-state index is 0.449. The van der Waals surface area contributed by atoms with Crippen molar-refractivity contribution < 1.29 is 0 Å². The lowest BCUT2D eigenvalue weighted by molar-refractivity contribution is 1.54. The van der Waals surface area contributed by atoms with Crippen LogP contribution in [-0.4, -0.2) is 24.1 Å². The van der Waals surface area contributed by atoms with Crippen LogP contribution in [0, 0.1) is 0 Å². The van der Waals surface area contributed by atoms with E-state index >= 15 is 0 Å². The lowest BCUT2D eigenvalue weighted by atomic mass is 11.0. The van der Waals surface area contributed by atoms with E-state index in [1.54, 1.807) is 0 Å². The summed E-state index contributed by atoms with van der Waals surface area (Å²) in [5.74, 6) is 5.24. The van der Waals surface area contributed by atoms with Crippen molar-refractivity contribution in [3.8, 4) is 0 Å². The molecule has 0 aliphatic heterocycles. The van der Waals surface area contributed by atoms with Crippen molar-refractivity contribution in [1.29, 1.82) is 0 Å². The van der Waals surface area contributed by atoms with Crippen molar-refractivity contribution in [3.63, 3.8) is 0 Å². The summed E-state index contributed by atoms with van der Waals surface area (Å²) in [6.45, 7) is 2.20. The first kappa shape index (κ1) is 7.57. The Hall–Kier alpha value is 0.570. The molecule has 0 aliphatic rings. The molecule has 0 spiro atoms. The smallest absolute Gasteiger partial charge is 0.0524 e. The van der Waals surface area contributed by atoms with E-state index in [0.717, 1.165) is 0 Å². The Morgan fingerprint density at radius 1 is 1.57 bits per heavy atom. The minimum Gasteiger partial charge on any atom is -0.0524 e. The molecule has 0 rings (SSSR count). The summed E-state index contributed by atoms with van der Waals surface area (Å²) in [7, 11) is 1.01. The zero-order valence-corrected chi connectivity index (χ0v) is 6.86. The van der Waals surface area contributed by atoms with E-state index in [0.29, 0.717) is 19.4 Å². The fraction of sp³-hybridized carbons (Fsp3) is 0.800. The Bertz CT molecular complexity index is 66.5. The Balaban J connectivity index is 3.35. The fourth-order valence-electron chi connectivity index (χ4n) is 0.236. The number of hydrogen-bond donors (Lipinski definition) is 0.